The average Bonchev–Trinajstić information content (AvgIpc) is 2.46. The summed E-state index contributed by atoms with van der Waals surface area (Å²) in [4.78, 5) is 17.8. The van der Waals surface area contributed by atoms with E-state index in [9.17, 15) is 4.79 Å². The van der Waals surface area contributed by atoms with Crippen LogP contribution in [0.2, 0.25) is 0 Å². The Morgan fingerprint density at radius 1 is 1.38 bits per heavy atom. The van der Waals surface area contributed by atoms with Crippen LogP contribution in [0.1, 0.15) is 51.6 Å². The molecule has 5 nitrogen and oxygen atoms in total. The second kappa shape index (κ2) is 6.43. The van der Waals surface area contributed by atoms with Gasteiger partial charge in [0, 0.05) is 19.3 Å². The van der Waals surface area contributed by atoms with Crippen LogP contribution in [0.15, 0.2) is 18.3 Å². The number of nitrogens with one attached hydrogen (secondary N) is 1. The molecule has 2 heterocycles. The predicted octanol–water partition coefficient (Wildman–Crippen LogP) is 3.27. The minimum atomic E-state index is -0.503. The number of piperidine rings is 1. The monoisotopic (exact) mass is 291 g/mol. The lowest BCUT2D eigenvalue weighted by Crippen LogP contribution is -2.34. The molecule has 116 valence electrons. The van der Waals surface area contributed by atoms with Crippen molar-refractivity contribution in [2.75, 3.05) is 18.5 Å². The molecule has 0 aliphatic carbocycles. The first kappa shape index (κ1) is 15.8. The topological polar surface area (TPSA) is 54.5 Å². The number of rotatable bonds is 2. The van der Waals surface area contributed by atoms with Gasteiger partial charge in [-0.15, -0.1) is 0 Å². The zero-order chi connectivity index (χ0) is 15.5. The van der Waals surface area contributed by atoms with E-state index in [0.717, 1.165) is 13.0 Å². The summed E-state index contributed by atoms with van der Waals surface area (Å²) < 4.78 is 5.34. The number of carbonyl (C=O) groups is 1. The maximum atomic E-state index is 12.0. The van der Waals surface area contributed by atoms with Crippen LogP contribution in [0, 0.1) is 0 Å². The lowest BCUT2D eigenvalue weighted by atomic mass is 9.99. The lowest BCUT2D eigenvalue weighted by molar-refractivity contribution is 0.0588. The van der Waals surface area contributed by atoms with Crippen LogP contribution < -0.4 is 10.2 Å². The van der Waals surface area contributed by atoms with Gasteiger partial charge in [0.05, 0.1) is 0 Å². The fraction of sp³-hybridized carbons (Fsp3) is 0.625. The van der Waals surface area contributed by atoms with E-state index in [1.807, 2.05) is 39.1 Å². The van der Waals surface area contributed by atoms with Gasteiger partial charge in [-0.3, -0.25) is 4.90 Å². The molecule has 1 amide bonds. The van der Waals surface area contributed by atoms with Crippen molar-refractivity contribution in [3.8, 4) is 0 Å². The van der Waals surface area contributed by atoms with Gasteiger partial charge in [-0.1, -0.05) is 12.5 Å². The van der Waals surface area contributed by atoms with Crippen molar-refractivity contribution < 1.29 is 9.53 Å². The molecule has 1 saturated heterocycles. The summed E-state index contributed by atoms with van der Waals surface area (Å²) in [7, 11) is 1.68. The number of hydrogen-bond acceptors (Lipinski definition) is 4. The zero-order valence-corrected chi connectivity index (χ0v) is 13.3. The number of aromatic nitrogens is 1. The number of anilines is 1. The van der Waals surface area contributed by atoms with Crippen molar-refractivity contribution in [3.05, 3.63) is 23.9 Å². The highest BCUT2D eigenvalue weighted by atomic mass is 16.6. The average molecular weight is 291 g/mol. The number of amides is 1. The summed E-state index contributed by atoms with van der Waals surface area (Å²) in [5.74, 6) is 0.601. The Bertz CT molecular complexity index is 473. The standard InChI is InChI=1S/C16H25N3O2/c1-16(2,3)21-15(20)19(4)14-9-8-12(11-18-14)13-7-5-6-10-17-13/h8-9,11,13,17H,5-7,10H2,1-4H3/t13-/m0/s1. The molecule has 1 aliphatic heterocycles. The number of hydrogen-bond donors (Lipinski definition) is 1. The highest BCUT2D eigenvalue weighted by Crippen LogP contribution is 2.23. The number of pyridine rings is 1. The molecule has 2 rings (SSSR count). The van der Waals surface area contributed by atoms with Crippen molar-refractivity contribution in [2.45, 2.75) is 51.7 Å². The summed E-state index contributed by atoms with van der Waals surface area (Å²) in [5, 5.41) is 3.49. The van der Waals surface area contributed by atoms with Crippen LogP contribution in [0.25, 0.3) is 0 Å². The van der Waals surface area contributed by atoms with Crippen LogP contribution in [0.3, 0.4) is 0 Å². The molecule has 0 radical (unpaired) electrons. The Kier molecular flexibility index (Phi) is 4.83. The largest absolute Gasteiger partial charge is 0.443 e. The molecule has 5 heteroatoms. The van der Waals surface area contributed by atoms with Crippen molar-refractivity contribution in [3.63, 3.8) is 0 Å². The van der Waals surface area contributed by atoms with Gasteiger partial charge in [0.2, 0.25) is 0 Å². The van der Waals surface area contributed by atoms with Gasteiger partial charge in [-0.05, 0) is 51.8 Å². The molecule has 0 unspecified atom stereocenters. The van der Waals surface area contributed by atoms with Crippen LogP contribution in [0.4, 0.5) is 10.6 Å². The number of carbonyl (C=O) groups excluding carboxylic acids is 1. The van der Waals surface area contributed by atoms with Gasteiger partial charge in [-0.25, -0.2) is 9.78 Å². The first-order chi connectivity index (χ1) is 9.87. The van der Waals surface area contributed by atoms with Crippen molar-refractivity contribution >= 4 is 11.9 Å². The van der Waals surface area contributed by atoms with Crippen LogP contribution >= 0.6 is 0 Å². The Morgan fingerprint density at radius 3 is 2.67 bits per heavy atom. The molecular weight excluding hydrogens is 266 g/mol. The molecule has 1 fully saturated rings. The Morgan fingerprint density at radius 2 is 2.14 bits per heavy atom. The normalized spacial score (nSPS) is 19.1. The van der Waals surface area contributed by atoms with Crippen molar-refractivity contribution in [1.29, 1.82) is 0 Å². The molecular formula is C16H25N3O2. The minimum absolute atomic E-state index is 0.382. The van der Waals surface area contributed by atoms with Crippen LogP contribution in [-0.2, 0) is 4.74 Å². The highest BCUT2D eigenvalue weighted by Gasteiger charge is 2.21. The fourth-order valence-electron chi connectivity index (χ4n) is 2.36. The molecule has 1 aromatic heterocycles. The van der Waals surface area contributed by atoms with Gasteiger partial charge < -0.3 is 10.1 Å². The molecule has 0 aromatic carbocycles. The Labute approximate surface area is 126 Å². The molecule has 0 bridgehead atoms. The maximum absolute atomic E-state index is 12.0. The Balaban J connectivity index is 2.02. The molecule has 1 aliphatic rings. The van der Waals surface area contributed by atoms with E-state index in [1.54, 1.807) is 7.05 Å². The van der Waals surface area contributed by atoms with Crippen LogP contribution in [0.5, 0.6) is 0 Å². The third-order valence-electron chi connectivity index (χ3n) is 3.49. The first-order valence-electron chi connectivity index (χ1n) is 7.53. The van der Waals surface area contributed by atoms with Gasteiger partial charge >= 0.3 is 6.09 Å². The van der Waals surface area contributed by atoms with E-state index in [0.29, 0.717) is 11.9 Å². The molecule has 0 spiro atoms. The highest BCUT2D eigenvalue weighted by molar-refractivity contribution is 5.85. The van der Waals surface area contributed by atoms with E-state index in [2.05, 4.69) is 10.3 Å². The number of ether oxygens (including phenoxy) is 1. The third kappa shape index (κ3) is 4.43. The van der Waals surface area contributed by atoms with Gasteiger partial charge in [0.1, 0.15) is 11.4 Å². The Hall–Kier alpha value is -1.62. The summed E-state index contributed by atoms with van der Waals surface area (Å²) in [6.45, 7) is 6.61. The van der Waals surface area contributed by atoms with E-state index in [-0.39, 0.29) is 0 Å². The second-order valence-electron chi connectivity index (χ2n) is 6.49. The predicted molar refractivity (Wildman–Crippen MR) is 83.5 cm³/mol. The first-order valence-corrected chi connectivity index (χ1v) is 7.53. The van der Waals surface area contributed by atoms with E-state index in [1.165, 1.54) is 23.3 Å². The van der Waals surface area contributed by atoms with Crippen molar-refractivity contribution in [2.24, 2.45) is 0 Å². The molecule has 1 atom stereocenters. The van der Waals surface area contributed by atoms with Crippen LogP contribution in [-0.4, -0.2) is 30.3 Å². The van der Waals surface area contributed by atoms with Gasteiger partial charge in [0.25, 0.3) is 0 Å². The van der Waals surface area contributed by atoms with Crippen molar-refractivity contribution in [1.82, 2.24) is 10.3 Å². The molecule has 21 heavy (non-hydrogen) atoms. The molecule has 0 saturated carbocycles. The quantitative estimate of drug-likeness (QED) is 0.908. The zero-order valence-electron chi connectivity index (χ0n) is 13.3. The number of nitrogens with zero attached hydrogens (tertiary/aromatic N) is 2. The molecule has 1 aromatic rings. The summed E-state index contributed by atoms with van der Waals surface area (Å²) in [5.41, 5.74) is 0.674. The van der Waals surface area contributed by atoms with E-state index in [4.69, 9.17) is 4.74 Å². The molecule has 1 N–H and O–H groups in total. The minimum Gasteiger partial charge on any atom is -0.443 e. The summed E-state index contributed by atoms with van der Waals surface area (Å²) in [6, 6.07) is 4.29. The summed E-state index contributed by atoms with van der Waals surface area (Å²) >= 11 is 0. The SMILES string of the molecule is CN(C(=O)OC(C)(C)C)c1ccc([C@@H]2CCCCN2)cn1. The smallest absolute Gasteiger partial charge is 0.415 e. The maximum Gasteiger partial charge on any atom is 0.415 e. The second-order valence-corrected chi connectivity index (χ2v) is 6.49. The van der Waals surface area contributed by atoms with E-state index < -0.39 is 11.7 Å². The van der Waals surface area contributed by atoms with E-state index >= 15 is 0 Å². The fourth-order valence-corrected chi connectivity index (χ4v) is 2.36. The van der Waals surface area contributed by atoms with Gasteiger partial charge in [-0.2, -0.15) is 0 Å². The summed E-state index contributed by atoms with van der Waals surface area (Å²) in [6.07, 6.45) is 5.08. The third-order valence-corrected chi connectivity index (χ3v) is 3.49. The lowest BCUT2D eigenvalue weighted by Gasteiger charge is -2.25. The van der Waals surface area contributed by atoms with Gasteiger partial charge in [0.15, 0.2) is 0 Å².